The molecule has 0 spiro atoms. The summed E-state index contributed by atoms with van der Waals surface area (Å²) in [5.74, 6) is -0.529. The van der Waals surface area contributed by atoms with Crippen LogP contribution in [0.4, 0.5) is 4.39 Å². The van der Waals surface area contributed by atoms with Gasteiger partial charge in [-0.2, -0.15) is 0 Å². The molecule has 0 heterocycles. The number of hydrogen-bond acceptors (Lipinski definition) is 2. The standard InChI is InChI=1S/C13H17ClFNO/c1-13(2,16)7-6-10(17)8-9-4-3-5-11(14)12(9)15/h3-5H,6-8,16H2,1-2H3. The molecule has 0 fully saturated rings. The van der Waals surface area contributed by atoms with E-state index in [-0.39, 0.29) is 22.8 Å². The van der Waals surface area contributed by atoms with Crippen LogP contribution >= 0.6 is 11.6 Å². The third kappa shape index (κ3) is 4.84. The van der Waals surface area contributed by atoms with Gasteiger partial charge in [0.15, 0.2) is 0 Å². The van der Waals surface area contributed by atoms with Crippen molar-refractivity contribution in [1.82, 2.24) is 0 Å². The highest BCUT2D eigenvalue weighted by Crippen LogP contribution is 2.19. The van der Waals surface area contributed by atoms with Crippen molar-refractivity contribution >= 4 is 17.4 Å². The van der Waals surface area contributed by atoms with Gasteiger partial charge in [0.2, 0.25) is 0 Å². The number of benzene rings is 1. The summed E-state index contributed by atoms with van der Waals surface area (Å²) in [6, 6.07) is 4.68. The smallest absolute Gasteiger partial charge is 0.145 e. The van der Waals surface area contributed by atoms with Crippen molar-refractivity contribution < 1.29 is 9.18 Å². The van der Waals surface area contributed by atoms with Gasteiger partial charge in [-0.25, -0.2) is 4.39 Å². The first-order valence-corrected chi connectivity index (χ1v) is 5.91. The Labute approximate surface area is 106 Å². The number of ketones is 1. The maximum atomic E-state index is 13.5. The molecule has 2 N–H and O–H groups in total. The highest BCUT2D eigenvalue weighted by atomic mass is 35.5. The Bertz CT molecular complexity index is 412. The van der Waals surface area contributed by atoms with Crippen molar-refractivity contribution in [2.45, 2.75) is 38.6 Å². The molecule has 0 aromatic heterocycles. The highest BCUT2D eigenvalue weighted by Gasteiger charge is 2.15. The summed E-state index contributed by atoms with van der Waals surface area (Å²) in [5.41, 5.74) is 5.76. The second kappa shape index (κ2) is 5.61. The summed E-state index contributed by atoms with van der Waals surface area (Å²) >= 11 is 5.64. The van der Waals surface area contributed by atoms with Gasteiger partial charge in [-0.05, 0) is 31.9 Å². The predicted molar refractivity (Wildman–Crippen MR) is 67.6 cm³/mol. The van der Waals surface area contributed by atoms with E-state index < -0.39 is 5.82 Å². The number of rotatable bonds is 5. The molecular formula is C13H17ClFNO. The van der Waals surface area contributed by atoms with Crippen LogP contribution in [0.1, 0.15) is 32.3 Å². The zero-order chi connectivity index (χ0) is 13.1. The Balaban J connectivity index is 2.60. The van der Waals surface area contributed by atoms with Crippen LogP contribution in [0.25, 0.3) is 0 Å². The lowest BCUT2D eigenvalue weighted by Gasteiger charge is -2.17. The number of hydrogen-bond donors (Lipinski definition) is 1. The molecule has 0 atom stereocenters. The Morgan fingerprint density at radius 3 is 2.71 bits per heavy atom. The first-order valence-electron chi connectivity index (χ1n) is 5.53. The predicted octanol–water partition coefficient (Wildman–Crippen LogP) is 3.11. The van der Waals surface area contributed by atoms with Gasteiger partial charge in [0.1, 0.15) is 11.6 Å². The fraction of sp³-hybridized carbons (Fsp3) is 0.462. The van der Waals surface area contributed by atoms with Gasteiger partial charge in [-0.3, -0.25) is 4.79 Å². The van der Waals surface area contributed by atoms with E-state index in [1.807, 2.05) is 13.8 Å². The zero-order valence-corrected chi connectivity index (χ0v) is 10.9. The second-order valence-corrected chi connectivity index (χ2v) is 5.32. The van der Waals surface area contributed by atoms with Gasteiger partial charge in [0.25, 0.3) is 0 Å². The molecule has 0 bridgehead atoms. The summed E-state index contributed by atoms with van der Waals surface area (Å²) in [6.07, 6.45) is 1.02. The van der Waals surface area contributed by atoms with Crippen molar-refractivity contribution in [3.05, 3.63) is 34.6 Å². The topological polar surface area (TPSA) is 43.1 Å². The first-order chi connectivity index (χ1) is 7.79. The quantitative estimate of drug-likeness (QED) is 0.881. The molecule has 1 rings (SSSR count). The molecule has 0 saturated heterocycles. The molecule has 0 aliphatic rings. The van der Waals surface area contributed by atoms with Gasteiger partial charge in [-0.1, -0.05) is 23.7 Å². The molecule has 0 aliphatic heterocycles. The number of halogens is 2. The van der Waals surface area contributed by atoms with E-state index in [1.54, 1.807) is 12.1 Å². The fourth-order valence-corrected chi connectivity index (χ4v) is 1.64. The van der Waals surface area contributed by atoms with E-state index in [2.05, 4.69) is 0 Å². The van der Waals surface area contributed by atoms with E-state index in [0.29, 0.717) is 18.4 Å². The van der Waals surface area contributed by atoms with Gasteiger partial charge < -0.3 is 5.73 Å². The molecule has 0 amide bonds. The SMILES string of the molecule is CC(C)(N)CCC(=O)Cc1cccc(Cl)c1F. The zero-order valence-electron chi connectivity index (χ0n) is 10.1. The second-order valence-electron chi connectivity index (χ2n) is 4.92. The van der Waals surface area contributed by atoms with Crippen LogP contribution in [0, 0.1) is 5.82 Å². The van der Waals surface area contributed by atoms with Gasteiger partial charge in [-0.15, -0.1) is 0 Å². The van der Waals surface area contributed by atoms with Crippen LogP contribution in [-0.2, 0) is 11.2 Å². The minimum Gasteiger partial charge on any atom is -0.326 e. The van der Waals surface area contributed by atoms with E-state index in [4.69, 9.17) is 17.3 Å². The largest absolute Gasteiger partial charge is 0.326 e. The van der Waals surface area contributed by atoms with Crippen molar-refractivity contribution in [3.8, 4) is 0 Å². The molecule has 94 valence electrons. The summed E-state index contributed by atoms with van der Waals surface area (Å²) in [7, 11) is 0. The van der Waals surface area contributed by atoms with Crippen molar-refractivity contribution in [2.75, 3.05) is 0 Å². The third-order valence-corrected chi connectivity index (χ3v) is 2.76. The van der Waals surface area contributed by atoms with E-state index in [1.165, 1.54) is 6.07 Å². The van der Waals surface area contributed by atoms with Crippen LogP contribution in [0.3, 0.4) is 0 Å². The van der Waals surface area contributed by atoms with Crippen LogP contribution in [0.15, 0.2) is 18.2 Å². The van der Waals surface area contributed by atoms with Gasteiger partial charge in [0, 0.05) is 18.4 Å². The number of nitrogens with two attached hydrogens (primary N) is 1. The first kappa shape index (κ1) is 14.1. The Kier molecular flexibility index (Phi) is 4.66. The van der Waals surface area contributed by atoms with Crippen molar-refractivity contribution in [2.24, 2.45) is 5.73 Å². The summed E-state index contributed by atoms with van der Waals surface area (Å²) in [6.45, 7) is 3.72. The lowest BCUT2D eigenvalue weighted by atomic mass is 9.96. The minimum atomic E-state index is -0.505. The summed E-state index contributed by atoms with van der Waals surface area (Å²) in [5, 5.41) is 0.0504. The minimum absolute atomic E-state index is 0.0234. The van der Waals surface area contributed by atoms with Crippen molar-refractivity contribution in [1.29, 1.82) is 0 Å². The molecule has 4 heteroatoms. The molecule has 0 aliphatic carbocycles. The van der Waals surface area contributed by atoms with Crippen LogP contribution in [-0.4, -0.2) is 11.3 Å². The normalized spacial score (nSPS) is 11.6. The van der Waals surface area contributed by atoms with E-state index in [9.17, 15) is 9.18 Å². The number of carbonyl (C=O) groups is 1. The number of Topliss-reactive ketones (excluding diaryl/α,β-unsaturated/α-hetero) is 1. The molecule has 1 aromatic carbocycles. The maximum Gasteiger partial charge on any atom is 0.145 e. The maximum absolute atomic E-state index is 13.5. The molecule has 1 aromatic rings. The fourth-order valence-electron chi connectivity index (χ4n) is 1.45. The van der Waals surface area contributed by atoms with Crippen LogP contribution in [0.2, 0.25) is 5.02 Å². The average molecular weight is 258 g/mol. The lowest BCUT2D eigenvalue weighted by Crippen LogP contribution is -2.32. The van der Waals surface area contributed by atoms with Gasteiger partial charge >= 0.3 is 0 Å². The Morgan fingerprint density at radius 2 is 2.12 bits per heavy atom. The molecule has 17 heavy (non-hydrogen) atoms. The third-order valence-electron chi connectivity index (χ3n) is 2.47. The molecule has 0 unspecified atom stereocenters. The average Bonchev–Trinajstić information content (AvgIpc) is 2.21. The van der Waals surface area contributed by atoms with Gasteiger partial charge in [0.05, 0.1) is 5.02 Å². The van der Waals surface area contributed by atoms with Crippen LogP contribution < -0.4 is 5.73 Å². The summed E-state index contributed by atoms with van der Waals surface area (Å²) in [4.78, 5) is 11.7. The van der Waals surface area contributed by atoms with Crippen molar-refractivity contribution in [3.63, 3.8) is 0 Å². The van der Waals surface area contributed by atoms with E-state index in [0.717, 1.165) is 0 Å². The molecule has 0 saturated carbocycles. The lowest BCUT2D eigenvalue weighted by molar-refractivity contribution is -0.118. The molecule has 2 nitrogen and oxygen atoms in total. The Hall–Kier alpha value is -0.930. The Morgan fingerprint density at radius 1 is 1.47 bits per heavy atom. The molecule has 0 radical (unpaired) electrons. The summed E-state index contributed by atoms with van der Waals surface area (Å²) < 4.78 is 13.5. The highest BCUT2D eigenvalue weighted by molar-refractivity contribution is 6.30. The molecular weight excluding hydrogens is 241 g/mol. The number of carbonyl (C=O) groups excluding carboxylic acids is 1. The van der Waals surface area contributed by atoms with E-state index >= 15 is 0 Å². The monoisotopic (exact) mass is 257 g/mol. The van der Waals surface area contributed by atoms with Crippen LogP contribution in [0.5, 0.6) is 0 Å².